The summed E-state index contributed by atoms with van der Waals surface area (Å²) in [5, 5.41) is 2.85. The number of amides is 2. The molecule has 0 aliphatic carbocycles. The van der Waals surface area contributed by atoms with Crippen molar-refractivity contribution in [2.75, 3.05) is 17.4 Å². The van der Waals surface area contributed by atoms with Gasteiger partial charge < -0.3 is 10.2 Å². The molecule has 1 atom stereocenters. The molecule has 2 amide bonds. The Kier molecular flexibility index (Phi) is 10.7. The number of nitrogens with one attached hydrogen (secondary N) is 1. The zero-order valence-corrected chi connectivity index (χ0v) is 25.4. The zero-order valence-electron chi connectivity index (χ0n) is 24.6. The molecule has 0 aromatic heterocycles. The second kappa shape index (κ2) is 13.8. The Morgan fingerprint density at radius 3 is 1.98 bits per heavy atom. The van der Waals surface area contributed by atoms with E-state index in [4.69, 9.17) is 0 Å². The molecular formula is C32H40FN3O4S. The second-order valence-electron chi connectivity index (χ2n) is 11.0. The predicted octanol–water partition coefficient (Wildman–Crippen LogP) is 5.64. The van der Waals surface area contributed by atoms with Crippen LogP contribution in [-0.2, 0) is 26.2 Å². The first-order chi connectivity index (χ1) is 19.3. The van der Waals surface area contributed by atoms with E-state index >= 15 is 0 Å². The minimum absolute atomic E-state index is 0.0000845. The van der Waals surface area contributed by atoms with Gasteiger partial charge in [-0.1, -0.05) is 69.7 Å². The van der Waals surface area contributed by atoms with Crippen LogP contribution >= 0.6 is 0 Å². The lowest BCUT2D eigenvalue weighted by Crippen LogP contribution is -2.51. The molecule has 9 heteroatoms. The van der Waals surface area contributed by atoms with Crippen LogP contribution in [0.25, 0.3) is 0 Å². The summed E-state index contributed by atoms with van der Waals surface area (Å²) >= 11 is 0. The standard InChI is InChI=1S/C32H40FN3O4S/c1-22(2)19-34-32(38)25(6)35(20-26-9-13-28(33)14-10-26)31(37)21-36(29-15-11-27(12-16-29)23(3)4)41(39,40)30-17-7-24(5)8-18-30/h7-18,22-23,25H,19-21H2,1-6H3,(H,34,38)/t25-/m0/s1. The number of anilines is 1. The molecule has 0 bridgehead atoms. The Morgan fingerprint density at radius 2 is 1.44 bits per heavy atom. The summed E-state index contributed by atoms with van der Waals surface area (Å²) in [7, 11) is -4.14. The maximum atomic E-state index is 14.0. The van der Waals surface area contributed by atoms with Gasteiger partial charge in [0.1, 0.15) is 18.4 Å². The van der Waals surface area contributed by atoms with E-state index in [-0.39, 0.29) is 29.2 Å². The maximum absolute atomic E-state index is 14.0. The highest BCUT2D eigenvalue weighted by atomic mass is 32.2. The van der Waals surface area contributed by atoms with Gasteiger partial charge in [-0.15, -0.1) is 0 Å². The van der Waals surface area contributed by atoms with Crippen LogP contribution in [0.3, 0.4) is 0 Å². The fraction of sp³-hybridized carbons (Fsp3) is 0.375. The lowest BCUT2D eigenvalue weighted by atomic mass is 10.0. The van der Waals surface area contributed by atoms with E-state index in [9.17, 15) is 22.4 Å². The van der Waals surface area contributed by atoms with Crippen LogP contribution in [0.2, 0.25) is 0 Å². The van der Waals surface area contributed by atoms with Crippen molar-refractivity contribution in [3.05, 3.63) is 95.3 Å². The molecule has 7 nitrogen and oxygen atoms in total. The molecule has 0 heterocycles. The third-order valence-corrected chi connectivity index (χ3v) is 8.64. The molecule has 0 spiro atoms. The van der Waals surface area contributed by atoms with Crippen molar-refractivity contribution in [1.82, 2.24) is 10.2 Å². The van der Waals surface area contributed by atoms with Crippen LogP contribution in [0.1, 0.15) is 57.2 Å². The van der Waals surface area contributed by atoms with Crippen molar-refractivity contribution in [2.24, 2.45) is 5.92 Å². The monoisotopic (exact) mass is 581 g/mol. The Morgan fingerprint density at radius 1 is 0.854 bits per heavy atom. The number of carbonyl (C=O) groups excluding carboxylic acids is 2. The van der Waals surface area contributed by atoms with Gasteiger partial charge in [0.15, 0.2) is 0 Å². The number of nitrogens with zero attached hydrogens (tertiary/aromatic N) is 2. The summed E-state index contributed by atoms with van der Waals surface area (Å²) in [5.74, 6) is -0.899. The minimum Gasteiger partial charge on any atom is -0.354 e. The number of halogens is 1. The molecule has 0 saturated heterocycles. The van der Waals surface area contributed by atoms with Crippen LogP contribution in [-0.4, -0.2) is 44.3 Å². The summed E-state index contributed by atoms with van der Waals surface area (Å²) < 4.78 is 42.5. The molecule has 0 aliphatic heterocycles. The average molecular weight is 582 g/mol. The van der Waals surface area contributed by atoms with E-state index in [1.165, 1.54) is 29.2 Å². The van der Waals surface area contributed by atoms with Gasteiger partial charge in [0, 0.05) is 13.1 Å². The smallest absolute Gasteiger partial charge is 0.264 e. The van der Waals surface area contributed by atoms with E-state index in [0.717, 1.165) is 15.4 Å². The van der Waals surface area contributed by atoms with Crippen LogP contribution in [0.5, 0.6) is 0 Å². The molecular weight excluding hydrogens is 541 g/mol. The fourth-order valence-corrected chi connectivity index (χ4v) is 5.63. The molecule has 0 unspecified atom stereocenters. The fourth-order valence-electron chi connectivity index (χ4n) is 4.21. The van der Waals surface area contributed by atoms with Gasteiger partial charge in [-0.05, 0) is 73.2 Å². The third kappa shape index (κ3) is 8.39. The van der Waals surface area contributed by atoms with Crippen LogP contribution < -0.4 is 9.62 Å². The largest absolute Gasteiger partial charge is 0.354 e. The van der Waals surface area contributed by atoms with E-state index < -0.39 is 34.3 Å². The van der Waals surface area contributed by atoms with E-state index in [0.29, 0.717) is 17.8 Å². The number of hydrogen-bond donors (Lipinski definition) is 1. The molecule has 0 radical (unpaired) electrons. The molecule has 1 N–H and O–H groups in total. The van der Waals surface area contributed by atoms with Gasteiger partial charge >= 0.3 is 0 Å². The topological polar surface area (TPSA) is 86.8 Å². The first-order valence-electron chi connectivity index (χ1n) is 13.8. The Balaban J connectivity index is 2.02. The number of rotatable bonds is 12. The second-order valence-corrected chi connectivity index (χ2v) is 12.9. The summed E-state index contributed by atoms with van der Waals surface area (Å²) in [6.45, 7) is 11.4. The number of carbonyl (C=O) groups is 2. The Hall–Kier alpha value is -3.72. The van der Waals surface area contributed by atoms with Crippen molar-refractivity contribution in [3.63, 3.8) is 0 Å². The van der Waals surface area contributed by atoms with Crippen molar-refractivity contribution in [3.8, 4) is 0 Å². The molecule has 220 valence electrons. The molecule has 3 aromatic carbocycles. The number of benzene rings is 3. The lowest BCUT2D eigenvalue weighted by Gasteiger charge is -2.32. The van der Waals surface area contributed by atoms with Gasteiger partial charge in [-0.2, -0.15) is 0 Å². The van der Waals surface area contributed by atoms with Gasteiger partial charge in [0.25, 0.3) is 10.0 Å². The first-order valence-corrected chi connectivity index (χ1v) is 15.2. The maximum Gasteiger partial charge on any atom is 0.264 e. The van der Waals surface area contributed by atoms with Gasteiger partial charge in [-0.25, -0.2) is 12.8 Å². The molecule has 3 rings (SSSR count). The highest BCUT2D eigenvalue weighted by molar-refractivity contribution is 7.92. The highest BCUT2D eigenvalue weighted by Crippen LogP contribution is 2.27. The molecule has 0 aliphatic rings. The number of aryl methyl sites for hydroxylation is 1. The summed E-state index contributed by atoms with van der Waals surface area (Å²) in [6.07, 6.45) is 0. The molecule has 0 saturated carbocycles. The van der Waals surface area contributed by atoms with Crippen molar-refractivity contribution < 1.29 is 22.4 Å². The first kappa shape index (κ1) is 31.8. The number of hydrogen-bond acceptors (Lipinski definition) is 4. The predicted molar refractivity (Wildman–Crippen MR) is 161 cm³/mol. The van der Waals surface area contributed by atoms with Crippen molar-refractivity contribution >= 4 is 27.5 Å². The van der Waals surface area contributed by atoms with Crippen LogP contribution in [0.15, 0.2) is 77.7 Å². The third-order valence-electron chi connectivity index (χ3n) is 6.85. The van der Waals surface area contributed by atoms with Crippen LogP contribution in [0.4, 0.5) is 10.1 Å². The SMILES string of the molecule is Cc1ccc(S(=O)(=O)N(CC(=O)N(Cc2ccc(F)cc2)[C@@H](C)C(=O)NCC(C)C)c2ccc(C(C)C)cc2)cc1. The van der Waals surface area contributed by atoms with Gasteiger partial charge in [0.2, 0.25) is 11.8 Å². The van der Waals surface area contributed by atoms with Crippen molar-refractivity contribution in [1.29, 1.82) is 0 Å². The normalized spacial score (nSPS) is 12.3. The van der Waals surface area contributed by atoms with E-state index in [1.54, 1.807) is 43.3 Å². The van der Waals surface area contributed by atoms with Gasteiger partial charge in [-0.3, -0.25) is 13.9 Å². The summed E-state index contributed by atoms with van der Waals surface area (Å²) in [5.41, 5.74) is 2.88. The summed E-state index contributed by atoms with van der Waals surface area (Å²) in [6, 6.07) is 18.3. The van der Waals surface area contributed by atoms with Crippen molar-refractivity contribution in [2.45, 2.75) is 64.9 Å². The average Bonchev–Trinajstić information content (AvgIpc) is 2.94. The molecule has 0 fully saturated rings. The molecule has 3 aromatic rings. The number of sulfonamides is 1. The highest BCUT2D eigenvalue weighted by Gasteiger charge is 2.32. The Labute approximate surface area is 243 Å². The van der Waals surface area contributed by atoms with Crippen LogP contribution in [0, 0.1) is 18.7 Å². The summed E-state index contributed by atoms with van der Waals surface area (Å²) in [4.78, 5) is 28.4. The lowest BCUT2D eigenvalue weighted by molar-refractivity contribution is -0.139. The Bertz CT molecular complexity index is 1420. The van der Waals surface area contributed by atoms with E-state index in [1.807, 2.05) is 46.8 Å². The molecule has 41 heavy (non-hydrogen) atoms. The minimum atomic E-state index is -4.14. The quantitative estimate of drug-likeness (QED) is 0.300. The zero-order chi connectivity index (χ0) is 30.3. The van der Waals surface area contributed by atoms with E-state index in [2.05, 4.69) is 5.32 Å². The van der Waals surface area contributed by atoms with Gasteiger partial charge in [0.05, 0.1) is 10.6 Å².